The number of hydrogen-bond donors (Lipinski definition) is 1. The zero-order valence-corrected chi connectivity index (χ0v) is 17.6. The Morgan fingerprint density at radius 2 is 1.84 bits per heavy atom. The number of anilines is 2. The van der Waals surface area contributed by atoms with E-state index in [1.54, 1.807) is 23.5 Å². The minimum Gasteiger partial charge on any atom is -0.370 e. The van der Waals surface area contributed by atoms with Crippen molar-refractivity contribution < 1.29 is 4.79 Å². The second-order valence-electron chi connectivity index (χ2n) is 7.51. The highest BCUT2D eigenvalue weighted by Crippen LogP contribution is 2.33. The summed E-state index contributed by atoms with van der Waals surface area (Å²) < 4.78 is 1.12. The van der Waals surface area contributed by atoms with Crippen molar-refractivity contribution in [1.29, 1.82) is 0 Å². The first-order chi connectivity index (χ1) is 15.2. The first-order valence-corrected chi connectivity index (χ1v) is 11.0. The highest BCUT2D eigenvalue weighted by molar-refractivity contribution is 7.21. The molecule has 3 aromatic carbocycles. The molecule has 6 nitrogen and oxygen atoms in total. The molecule has 7 heteroatoms. The van der Waals surface area contributed by atoms with Crippen molar-refractivity contribution in [1.82, 2.24) is 4.98 Å². The third kappa shape index (κ3) is 3.92. The van der Waals surface area contributed by atoms with E-state index in [0.717, 1.165) is 52.4 Å². The highest BCUT2D eigenvalue weighted by Gasteiger charge is 2.18. The van der Waals surface area contributed by atoms with Crippen LogP contribution in [0.3, 0.4) is 0 Å². The number of thiazole rings is 1. The van der Waals surface area contributed by atoms with E-state index >= 15 is 0 Å². The van der Waals surface area contributed by atoms with Gasteiger partial charge in [0.2, 0.25) is 0 Å². The lowest BCUT2D eigenvalue weighted by Crippen LogP contribution is -2.18. The fourth-order valence-corrected chi connectivity index (χ4v) is 4.85. The summed E-state index contributed by atoms with van der Waals surface area (Å²) in [5.74, 6) is -0.278. The maximum atomic E-state index is 12.8. The normalized spacial score (nSPS) is 13.5. The van der Waals surface area contributed by atoms with Crippen molar-refractivity contribution in [2.45, 2.75) is 12.8 Å². The topological polar surface area (TPSA) is 74.7 Å². The van der Waals surface area contributed by atoms with Gasteiger partial charge in [-0.15, -0.1) is 16.2 Å². The zero-order valence-electron chi connectivity index (χ0n) is 16.7. The standard InChI is InChI=1S/C24H20N4O2S/c29-23(16-10-11-21(20(15-16)27-30)28-12-3-4-13-28)25-18-7-5-6-17(14-18)24-26-19-8-1-2-9-22(19)31-24/h1-2,5-11,14-15H,3-4,12-13H2,(H,25,29). The second-order valence-corrected chi connectivity index (χ2v) is 8.54. The van der Waals surface area contributed by atoms with E-state index in [2.05, 4.69) is 20.4 Å². The van der Waals surface area contributed by atoms with Crippen LogP contribution < -0.4 is 10.2 Å². The van der Waals surface area contributed by atoms with Gasteiger partial charge in [0.25, 0.3) is 5.91 Å². The third-order valence-electron chi connectivity index (χ3n) is 5.44. The van der Waals surface area contributed by atoms with Crippen molar-refractivity contribution in [2.24, 2.45) is 5.18 Å². The molecule has 0 atom stereocenters. The summed E-state index contributed by atoms with van der Waals surface area (Å²) in [5.41, 5.74) is 4.08. The van der Waals surface area contributed by atoms with Gasteiger partial charge in [0, 0.05) is 29.9 Å². The van der Waals surface area contributed by atoms with Crippen LogP contribution in [0.2, 0.25) is 0 Å². The lowest BCUT2D eigenvalue weighted by atomic mass is 10.1. The molecular formula is C24H20N4O2S. The molecule has 1 aliphatic rings. The molecule has 2 heterocycles. The maximum absolute atomic E-state index is 12.8. The summed E-state index contributed by atoms with van der Waals surface area (Å²) >= 11 is 1.62. The van der Waals surface area contributed by atoms with Gasteiger partial charge in [-0.3, -0.25) is 4.79 Å². The molecule has 1 aliphatic heterocycles. The van der Waals surface area contributed by atoms with Gasteiger partial charge in [0.15, 0.2) is 0 Å². The number of nitroso groups, excluding NO2 is 1. The van der Waals surface area contributed by atoms with Crippen LogP contribution in [0.5, 0.6) is 0 Å². The molecule has 0 saturated carbocycles. The number of para-hydroxylation sites is 1. The molecule has 0 aliphatic carbocycles. The first kappa shape index (κ1) is 19.4. The van der Waals surface area contributed by atoms with Crippen molar-refractivity contribution >= 4 is 44.5 Å². The Labute approximate surface area is 183 Å². The lowest BCUT2D eigenvalue weighted by Gasteiger charge is -2.19. The number of fused-ring (bicyclic) bond motifs is 1. The molecule has 1 saturated heterocycles. The maximum Gasteiger partial charge on any atom is 0.255 e. The molecule has 1 fully saturated rings. The molecule has 5 rings (SSSR count). The van der Waals surface area contributed by atoms with E-state index in [4.69, 9.17) is 0 Å². The Kier molecular flexibility index (Phi) is 5.18. The second kappa shape index (κ2) is 8.28. The largest absolute Gasteiger partial charge is 0.370 e. The number of nitrogens with zero attached hydrogens (tertiary/aromatic N) is 3. The van der Waals surface area contributed by atoms with E-state index in [1.807, 2.05) is 54.6 Å². The number of carbonyl (C=O) groups is 1. The predicted molar refractivity (Wildman–Crippen MR) is 126 cm³/mol. The van der Waals surface area contributed by atoms with Gasteiger partial charge in [-0.1, -0.05) is 24.3 Å². The molecule has 0 radical (unpaired) electrons. The number of amides is 1. The Morgan fingerprint density at radius 3 is 2.65 bits per heavy atom. The summed E-state index contributed by atoms with van der Waals surface area (Å²) in [6.07, 6.45) is 2.21. The number of hydrogen-bond acceptors (Lipinski definition) is 6. The molecule has 1 aromatic heterocycles. The van der Waals surface area contributed by atoms with E-state index < -0.39 is 0 Å². The highest BCUT2D eigenvalue weighted by atomic mass is 32.1. The Bertz CT molecular complexity index is 1240. The van der Waals surface area contributed by atoms with Crippen LogP contribution in [0, 0.1) is 4.91 Å². The van der Waals surface area contributed by atoms with E-state index in [1.165, 1.54) is 0 Å². The van der Waals surface area contributed by atoms with Gasteiger partial charge in [-0.2, -0.15) is 0 Å². The monoisotopic (exact) mass is 428 g/mol. The van der Waals surface area contributed by atoms with Crippen LogP contribution in [-0.4, -0.2) is 24.0 Å². The van der Waals surface area contributed by atoms with Crippen LogP contribution in [0.25, 0.3) is 20.8 Å². The fraction of sp³-hybridized carbons (Fsp3) is 0.167. The Morgan fingerprint density at radius 1 is 1.00 bits per heavy atom. The Hall–Kier alpha value is -3.58. The first-order valence-electron chi connectivity index (χ1n) is 10.2. The van der Waals surface area contributed by atoms with Gasteiger partial charge < -0.3 is 10.2 Å². The quantitative estimate of drug-likeness (QED) is 0.383. The third-order valence-corrected chi connectivity index (χ3v) is 6.53. The van der Waals surface area contributed by atoms with Gasteiger partial charge in [0.1, 0.15) is 10.7 Å². The van der Waals surface area contributed by atoms with E-state index in [9.17, 15) is 9.70 Å². The summed E-state index contributed by atoms with van der Waals surface area (Å²) in [7, 11) is 0. The van der Waals surface area contributed by atoms with Crippen LogP contribution in [0.1, 0.15) is 23.2 Å². The summed E-state index contributed by atoms with van der Waals surface area (Å²) in [6.45, 7) is 1.82. The molecule has 154 valence electrons. The average Bonchev–Trinajstić information content (AvgIpc) is 3.49. The fourth-order valence-electron chi connectivity index (χ4n) is 3.89. The average molecular weight is 429 g/mol. The van der Waals surface area contributed by atoms with Crippen LogP contribution in [0.4, 0.5) is 17.1 Å². The van der Waals surface area contributed by atoms with Crippen LogP contribution in [-0.2, 0) is 0 Å². The van der Waals surface area contributed by atoms with Gasteiger partial charge in [-0.25, -0.2) is 4.98 Å². The summed E-state index contributed by atoms with van der Waals surface area (Å²) in [5, 5.41) is 6.99. The molecule has 31 heavy (non-hydrogen) atoms. The van der Waals surface area contributed by atoms with Crippen molar-refractivity contribution in [2.75, 3.05) is 23.3 Å². The van der Waals surface area contributed by atoms with Crippen molar-refractivity contribution in [3.8, 4) is 10.6 Å². The predicted octanol–water partition coefficient (Wildman–Crippen LogP) is 6.21. The smallest absolute Gasteiger partial charge is 0.255 e. The number of carbonyl (C=O) groups excluding carboxylic acids is 1. The Balaban J connectivity index is 1.38. The zero-order chi connectivity index (χ0) is 21.2. The van der Waals surface area contributed by atoms with Gasteiger partial charge in [0.05, 0.1) is 15.9 Å². The molecule has 0 spiro atoms. The van der Waals surface area contributed by atoms with E-state index in [-0.39, 0.29) is 5.91 Å². The van der Waals surface area contributed by atoms with Crippen molar-refractivity contribution in [3.05, 3.63) is 77.2 Å². The number of nitrogens with one attached hydrogen (secondary N) is 1. The molecule has 0 unspecified atom stereocenters. The molecular weight excluding hydrogens is 408 g/mol. The number of aromatic nitrogens is 1. The molecule has 0 bridgehead atoms. The SMILES string of the molecule is O=Nc1cc(C(=O)Nc2cccc(-c3nc4ccccc4s3)c2)ccc1N1CCCC1. The molecule has 4 aromatic rings. The lowest BCUT2D eigenvalue weighted by molar-refractivity contribution is 0.102. The van der Waals surface area contributed by atoms with E-state index in [0.29, 0.717) is 16.9 Å². The van der Waals surface area contributed by atoms with Crippen LogP contribution >= 0.6 is 11.3 Å². The summed E-state index contributed by atoms with van der Waals surface area (Å²) in [6, 6.07) is 20.8. The van der Waals surface area contributed by atoms with Gasteiger partial charge in [-0.05, 0) is 60.5 Å². The number of benzene rings is 3. The summed E-state index contributed by atoms with van der Waals surface area (Å²) in [4.78, 5) is 31.0. The minimum absolute atomic E-state index is 0.278. The van der Waals surface area contributed by atoms with Crippen molar-refractivity contribution in [3.63, 3.8) is 0 Å². The number of rotatable bonds is 5. The molecule has 1 N–H and O–H groups in total. The minimum atomic E-state index is -0.278. The van der Waals surface area contributed by atoms with Gasteiger partial charge >= 0.3 is 0 Å². The molecule has 1 amide bonds. The van der Waals surface area contributed by atoms with Crippen LogP contribution in [0.15, 0.2) is 71.9 Å².